The van der Waals surface area contributed by atoms with Crippen molar-refractivity contribution in [3.63, 3.8) is 0 Å². The van der Waals surface area contributed by atoms with E-state index in [9.17, 15) is 9.90 Å². The summed E-state index contributed by atoms with van der Waals surface area (Å²) in [5, 5.41) is 12.4. The first-order valence-electron chi connectivity index (χ1n) is 5.27. The van der Waals surface area contributed by atoms with Gasteiger partial charge < -0.3 is 16.2 Å². The van der Waals surface area contributed by atoms with E-state index in [0.29, 0.717) is 13.0 Å². The molecule has 1 aromatic carbocycles. The van der Waals surface area contributed by atoms with E-state index < -0.39 is 0 Å². The molecule has 4 heteroatoms. The second-order valence-electron chi connectivity index (χ2n) is 4.39. The highest BCUT2D eigenvalue weighted by Crippen LogP contribution is 2.17. The maximum Gasteiger partial charge on any atom is 0.255 e. The Morgan fingerprint density at radius 3 is 2.62 bits per heavy atom. The van der Waals surface area contributed by atoms with Crippen LogP contribution in [0.25, 0.3) is 0 Å². The molecular weight excluding hydrogens is 204 g/mol. The van der Waals surface area contributed by atoms with E-state index in [1.807, 2.05) is 13.8 Å². The SMILES string of the molecule is CC(C)(CCN)NC(=O)c1ccccc1O. The standard InChI is InChI=1S/C12H18N2O2/c1-12(2,7-8-13)14-11(16)9-5-3-4-6-10(9)15/h3-6,15H,7-8,13H2,1-2H3,(H,14,16). The van der Waals surface area contributed by atoms with Crippen LogP contribution in [0.15, 0.2) is 24.3 Å². The van der Waals surface area contributed by atoms with Crippen molar-refractivity contribution >= 4 is 5.91 Å². The molecule has 0 saturated heterocycles. The van der Waals surface area contributed by atoms with E-state index in [1.165, 1.54) is 6.07 Å². The van der Waals surface area contributed by atoms with Crippen LogP contribution in [0.5, 0.6) is 5.75 Å². The van der Waals surface area contributed by atoms with Crippen LogP contribution in [0.3, 0.4) is 0 Å². The van der Waals surface area contributed by atoms with Gasteiger partial charge in [0, 0.05) is 5.54 Å². The van der Waals surface area contributed by atoms with Crippen LogP contribution < -0.4 is 11.1 Å². The lowest BCUT2D eigenvalue weighted by molar-refractivity contribution is 0.0907. The van der Waals surface area contributed by atoms with Gasteiger partial charge in [-0.05, 0) is 38.9 Å². The topological polar surface area (TPSA) is 75.3 Å². The first-order chi connectivity index (χ1) is 7.46. The van der Waals surface area contributed by atoms with Crippen molar-refractivity contribution < 1.29 is 9.90 Å². The summed E-state index contributed by atoms with van der Waals surface area (Å²) in [7, 11) is 0. The summed E-state index contributed by atoms with van der Waals surface area (Å²) >= 11 is 0. The van der Waals surface area contributed by atoms with Gasteiger partial charge in [-0.1, -0.05) is 12.1 Å². The maximum atomic E-state index is 11.8. The smallest absolute Gasteiger partial charge is 0.255 e. The number of aromatic hydroxyl groups is 1. The molecule has 0 atom stereocenters. The fourth-order valence-electron chi connectivity index (χ4n) is 1.46. The molecule has 88 valence electrons. The fraction of sp³-hybridized carbons (Fsp3) is 0.417. The van der Waals surface area contributed by atoms with Crippen LogP contribution in [-0.2, 0) is 0 Å². The Bertz CT molecular complexity index is 375. The van der Waals surface area contributed by atoms with Gasteiger partial charge in [-0.3, -0.25) is 4.79 Å². The normalized spacial score (nSPS) is 11.2. The van der Waals surface area contributed by atoms with E-state index >= 15 is 0 Å². The minimum atomic E-state index is -0.367. The molecule has 0 heterocycles. The second kappa shape index (κ2) is 4.99. The van der Waals surface area contributed by atoms with Crippen LogP contribution >= 0.6 is 0 Å². The molecule has 1 rings (SSSR count). The number of nitrogens with two attached hydrogens (primary N) is 1. The molecule has 0 bridgehead atoms. The highest BCUT2D eigenvalue weighted by molar-refractivity contribution is 5.97. The Morgan fingerprint density at radius 1 is 1.44 bits per heavy atom. The van der Waals surface area contributed by atoms with Crippen molar-refractivity contribution in [3.05, 3.63) is 29.8 Å². The Balaban J connectivity index is 2.77. The summed E-state index contributed by atoms with van der Waals surface area (Å²) < 4.78 is 0. The van der Waals surface area contributed by atoms with Gasteiger partial charge in [-0.25, -0.2) is 0 Å². The monoisotopic (exact) mass is 222 g/mol. The summed E-state index contributed by atoms with van der Waals surface area (Å²) in [6.07, 6.45) is 0.687. The van der Waals surface area contributed by atoms with Crippen LogP contribution in [0.4, 0.5) is 0 Å². The number of benzene rings is 1. The minimum absolute atomic E-state index is 0.0106. The molecule has 0 spiro atoms. The average molecular weight is 222 g/mol. The zero-order chi connectivity index (χ0) is 12.2. The number of phenols is 1. The number of nitrogens with one attached hydrogen (secondary N) is 1. The van der Waals surface area contributed by atoms with Gasteiger partial charge in [0.05, 0.1) is 5.56 Å². The highest BCUT2D eigenvalue weighted by atomic mass is 16.3. The van der Waals surface area contributed by atoms with Crippen LogP contribution in [0.1, 0.15) is 30.6 Å². The fourth-order valence-corrected chi connectivity index (χ4v) is 1.46. The van der Waals surface area contributed by atoms with Crippen molar-refractivity contribution in [1.29, 1.82) is 0 Å². The third-order valence-electron chi connectivity index (χ3n) is 2.37. The van der Waals surface area contributed by atoms with Gasteiger partial charge >= 0.3 is 0 Å². The molecule has 0 aliphatic rings. The van der Waals surface area contributed by atoms with E-state index in [-0.39, 0.29) is 22.8 Å². The molecule has 0 aliphatic carbocycles. The first kappa shape index (κ1) is 12.5. The summed E-state index contributed by atoms with van der Waals surface area (Å²) in [4.78, 5) is 11.8. The van der Waals surface area contributed by atoms with Gasteiger partial charge in [0.15, 0.2) is 0 Å². The Labute approximate surface area is 95.5 Å². The molecule has 0 aliphatic heterocycles. The summed E-state index contributed by atoms with van der Waals surface area (Å²) in [5.41, 5.74) is 5.38. The van der Waals surface area contributed by atoms with Crippen molar-refractivity contribution in [2.75, 3.05) is 6.54 Å². The summed E-state index contributed by atoms with van der Waals surface area (Å²) in [6.45, 7) is 4.31. The largest absolute Gasteiger partial charge is 0.507 e. The molecule has 1 aromatic rings. The number of rotatable bonds is 4. The lowest BCUT2D eigenvalue weighted by Crippen LogP contribution is -2.44. The number of carbonyl (C=O) groups excluding carboxylic acids is 1. The summed E-state index contributed by atoms with van der Waals surface area (Å²) in [6, 6.07) is 6.47. The van der Waals surface area contributed by atoms with Gasteiger partial charge in [0.1, 0.15) is 5.75 Å². The zero-order valence-corrected chi connectivity index (χ0v) is 9.66. The molecule has 16 heavy (non-hydrogen) atoms. The second-order valence-corrected chi connectivity index (χ2v) is 4.39. The molecule has 4 nitrogen and oxygen atoms in total. The van der Waals surface area contributed by atoms with Crippen LogP contribution in [0.2, 0.25) is 0 Å². The number of carbonyl (C=O) groups is 1. The van der Waals surface area contributed by atoms with Crippen molar-refractivity contribution in [1.82, 2.24) is 5.32 Å². The minimum Gasteiger partial charge on any atom is -0.507 e. The number of para-hydroxylation sites is 1. The Morgan fingerprint density at radius 2 is 2.06 bits per heavy atom. The molecule has 0 fully saturated rings. The predicted octanol–water partition coefficient (Wildman–Crippen LogP) is 1.25. The molecule has 4 N–H and O–H groups in total. The molecule has 0 aromatic heterocycles. The lowest BCUT2D eigenvalue weighted by atomic mass is 10.00. The van der Waals surface area contributed by atoms with E-state index in [2.05, 4.69) is 5.32 Å². The Hall–Kier alpha value is -1.55. The van der Waals surface area contributed by atoms with Gasteiger partial charge in [0.25, 0.3) is 5.91 Å². The van der Waals surface area contributed by atoms with Crippen LogP contribution in [0, 0.1) is 0 Å². The van der Waals surface area contributed by atoms with Crippen LogP contribution in [-0.4, -0.2) is 23.1 Å². The molecular formula is C12H18N2O2. The lowest BCUT2D eigenvalue weighted by Gasteiger charge is -2.25. The van der Waals surface area contributed by atoms with E-state index in [0.717, 1.165) is 0 Å². The first-order valence-corrected chi connectivity index (χ1v) is 5.27. The Kier molecular flexibility index (Phi) is 3.90. The highest BCUT2D eigenvalue weighted by Gasteiger charge is 2.21. The predicted molar refractivity (Wildman–Crippen MR) is 63.3 cm³/mol. The van der Waals surface area contributed by atoms with Gasteiger partial charge in [-0.2, -0.15) is 0 Å². The van der Waals surface area contributed by atoms with E-state index in [4.69, 9.17) is 5.73 Å². The molecule has 0 radical (unpaired) electrons. The molecule has 0 unspecified atom stereocenters. The molecule has 1 amide bonds. The van der Waals surface area contributed by atoms with Crippen molar-refractivity contribution in [2.45, 2.75) is 25.8 Å². The molecule has 0 saturated carbocycles. The quantitative estimate of drug-likeness (QED) is 0.717. The third kappa shape index (κ3) is 3.24. The zero-order valence-electron chi connectivity index (χ0n) is 9.66. The maximum absolute atomic E-state index is 11.8. The van der Waals surface area contributed by atoms with Gasteiger partial charge in [-0.15, -0.1) is 0 Å². The van der Waals surface area contributed by atoms with Crippen molar-refractivity contribution in [3.8, 4) is 5.75 Å². The number of phenolic OH excluding ortho intramolecular Hbond substituents is 1. The third-order valence-corrected chi connectivity index (χ3v) is 2.37. The van der Waals surface area contributed by atoms with Gasteiger partial charge in [0.2, 0.25) is 0 Å². The number of hydrogen-bond donors (Lipinski definition) is 3. The number of amides is 1. The van der Waals surface area contributed by atoms with Crippen molar-refractivity contribution in [2.24, 2.45) is 5.73 Å². The van der Waals surface area contributed by atoms with E-state index in [1.54, 1.807) is 18.2 Å². The summed E-state index contributed by atoms with van der Waals surface area (Å²) in [5.74, 6) is -0.292. The number of hydrogen-bond acceptors (Lipinski definition) is 3. The average Bonchev–Trinajstić information content (AvgIpc) is 2.17.